The van der Waals surface area contributed by atoms with Gasteiger partial charge in [-0.2, -0.15) is 0 Å². The highest BCUT2D eigenvalue weighted by Gasteiger charge is 2.18. The number of fused-ring (bicyclic) bond motifs is 2. The predicted molar refractivity (Wildman–Crippen MR) is 112 cm³/mol. The molecule has 1 unspecified atom stereocenters. The fraction of sp³-hybridized carbons (Fsp3) is 0.318. The number of carbonyl (C=O) groups excluding carboxylic acids is 1. The van der Waals surface area contributed by atoms with Gasteiger partial charge in [-0.1, -0.05) is 6.07 Å². The van der Waals surface area contributed by atoms with Gasteiger partial charge in [0, 0.05) is 18.7 Å². The summed E-state index contributed by atoms with van der Waals surface area (Å²) >= 11 is 0. The lowest BCUT2D eigenvalue weighted by Gasteiger charge is -2.11. The van der Waals surface area contributed by atoms with Gasteiger partial charge >= 0.3 is 5.69 Å². The summed E-state index contributed by atoms with van der Waals surface area (Å²) < 4.78 is 17.3. The van der Waals surface area contributed by atoms with E-state index in [0.717, 1.165) is 29.6 Å². The van der Waals surface area contributed by atoms with Crippen LogP contribution in [0.15, 0.2) is 46.0 Å². The molecule has 1 atom stereocenters. The van der Waals surface area contributed by atoms with Crippen LogP contribution in [0.25, 0.3) is 10.9 Å². The molecule has 0 radical (unpaired) electrons. The van der Waals surface area contributed by atoms with Crippen molar-refractivity contribution in [1.82, 2.24) is 14.9 Å². The molecule has 2 aliphatic heterocycles. The summed E-state index contributed by atoms with van der Waals surface area (Å²) in [5.74, 6) is 0.943. The molecule has 160 valence electrons. The Morgan fingerprint density at radius 1 is 1.13 bits per heavy atom. The van der Waals surface area contributed by atoms with E-state index in [1.807, 2.05) is 0 Å². The number of ether oxygens (including phenoxy) is 3. The van der Waals surface area contributed by atoms with Crippen molar-refractivity contribution in [3.05, 3.63) is 68.4 Å². The Labute approximate surface area is 176 Å². The molecule has 1 saturated heterocycles. The Balaban J connectivity index is 1.40. The molecule has 1 aromatic heterocycles. The van der Waals surface area contributed by atoms with E-state index in [-0.39, 0.29) is 25.3 Å². The summed E-state index contributed by atoms with van der Waals surface area (Å²) in [6.07, 6.45) is 1.96. The lowest BCUT2D eigenvalue weighted by atomic mass is 10.1. The molecule has 9 heteroatoms. The zero-order chi connectivity index (χ0) is 21.4. The van der Waals surface area contributed by atoms with Crippen molar-refractivity contribution in [3.8, 4) is 11.5 Å². The minimum atomic E-state index is -0.549. The van der Waals surface area contributed by atoms with Crippen LogP contribution in [0.5, 0.6) is 11.5 Å². The van der Waals surface area contributed by atoms with E-state index in [2.05, 4.69) is 10.3 Å². The predicted octanol–water partition coefficient (Wildman–Crippen LogP) is 1.38. The van der Waals surface area contributed by atoms with Crippen LogP contribution in [0.4, 0.5) is 0 Å². The third-order valence-electron chi connectivity index (χ3n) is 5.54. The molecule has 3 aromatic rings. The first kappa shape index (κ1) is 19.4. The van der Waals surface area contributed by atoms with Crippen LogP contribution in [-0.4, -0.2) is 41.5 Å². The number of hydrogen-bond acceptors (Lipinski definition) is 6. The Hall–Kier alpha value is -3.59. The van der Waals surface area contributed by atoms with Gasteiger partial charge in [0.1, 0.15) is 0 Å². The van der Waals surface area contributed by atoms with E-state index in [1.165, 1.54) is 6.07 Å². The van der Waals surface area contributed by atoms with Crippen LogP contribution < -0.4 is 26.0 Å². The number of carbonyl (C=O) groups is 1. The molecule has 0 saturated carbocycles. The lowest BCUT2D eigenvalue weighted by Crippen LogP contribution is -2.35. The SMILES string of the molecule is O=C(NCC1CCCO1)c1ccc2c(=O)n(Cc3ccc4c(c3)OCO4)c(=O)[nH]c2c1. The Kier molecular flexibility index (Phi) is 4.95. The minimum absolute atomic E-state index is 0.0348. The van der Waals surface area contributed by atoms with E-state index < -0.39 is 11.2 Å². The topological polar surface area (TPSA) is 112 Å². The second-order valence-corrected chi connectivity index (χ2v) is 7.61. The minimum Gasteiger partial charge on any atom is -0.454 e. The van der Waals surface area contributed by atoms with Crippen LogP contribution in [-0.2, 0) is 11.3 Å². The average Bonchev–Trinajstić information content (AvgIpc) is 3.46. The van der Waals surface area contributed by atoms with Gasteiger partial charge in [-0.25, -0.2) is 4.79 Å². The van der Waals surface area contributed by atoms with Gasteiger partial charge in [-0.15, -0.1) is 0 Å². The number of nitrogens with one attached hydrogen (secondary N) is 2. The normalized spacial score (nSPS) is 17.2. The molecule has 2 aliphatic rings. The van der Waals surface area contributed by atoms with Crippen molar-refractivity contribution in [2.45, 2.75) is 25.5 Å². The van der Waals surface area contributed by atoms with Crippen molar-refractivity contribution in [2.24, 2.45) is 0 Å². The number of hydrogen-bond donors (Lipinski definition) is 2. The Morgan fingerprint density at radius 2 is 2.00 bits per heavy atom. The van der Waals surface area contributed by atoms with Crippen molar-refractivity contribution in [2.75, 3.05) is 19.9 Å². The number of aromatic nitrogens is 2. The quantitative estimate of drug-likeness (QED) is 0.641. The van der Waals surface area contributed by atoms with Crippen LogP contribution in [0, 0.1) is 0 Å². The van der Waals surface area contributed by atoms with E-state index in [4.69, 9.17) is 14.2 Å². The maximum absolute atomic E-state index is 12.9. The first-order chi connectivity index (χ1) is 15.1. The van der Waals surface area contributed by atoms with E-state index >= 15 is 0 Å². The van der Waals surface area contributed by atoms with Gasteiger partial charge in [-0.05, 0) is 48.7 Å². The Morgan fingerprint density at radius 3 is 2.84 bits per heavy atom. The van der Waals surface area contributed by atoms with Crippen molar-refractivity contribution < 1.29 is 19.0 Å². The second kappa shape index (κ2) is 7.92. The highest BCUT2D eigenvalue weighted by atomic mass is 16.7. The van der Waals surface area contributed by atoms with Crippen LogP contribution in [0.3, 0.4) is 0 Å². The molecule has 2 aromatic carbocycles. The van der Waals surface area contributed by atoms with Gasteiger partial charge in [0.15, 0.2) is 11.5 Å². The third kappa shape index (κ3) is 3.79. The molecule has 9 nitrogen and oxygen atoms in total. The maximum Gasteiger partial charge on any atom is 0.329 e. The van der Waals surface area contributed by atoms with Gasteiger partial charge in [0.2, 0.25) is 6.79 Å². The van der Waals surface area contributed by atoms with Crippen molar-refractivity contribution in [3.63, 3.8) is 0 Å². The number of rotatable bonds is 5. The van der Waals surface area contributed by atoms with E-state index in [0.29, 0.717) is 34.5 Å². The van der Waals surface area contributed by atoms with Crippen molar-refractivity contribution >= 4 is 16.8 Å². The van der Waals surface area contributed by atoms with E-state index in [1.54, 1.807) is 30.3 Å². The van der Waals surface area contributed by atoms with Crippen LogP contribution >= 0.6 is 0 Å². The van der Waals surface area contributed by atoms with Gasteiger partial charge < -0.3 is 24.5 Å². The van der Waals surface area contributed by atoms with Crippen LogP contribution in [0.2, 0.25) is 0 Å². The molecule has 1 amide bonds. The highest BCUT2D eigenvalue weighted by Crippen LogP contribution is 2.32. The number of benzene rings is 2. The van der Waals surface area contributed by atoms with Gasteiger partial charge in [0.25, 0.3) is 11.5 Å². The number of nitrogens with zero attached hydrogens (tertiary/aromatic N) is 1. The molecular weight excluding hydrogens is 402 g/mol. The molecule has 0 spiro atoms. The van der Waals surface area contributed by atoms with Gasteiger partial charge in [0.05, 0.1) is 23.6 Å². The molecule has 0 aliphatic carbocycles. The first-order valence-corrected chi connectivity index (χ1v) is 10.1. The van der Waals surface area contributed by atoms with E-state index in [9.17, 15) is 14.4 Å². The monoisotopic (exact) mass is 423 g/mol. The summed E-state index contributed by atoms with van der Waals surface area (Å²) in [7, 11) is 0. The Bertz CT molecular complexity index is 1270. The summed E-state index contributed by atoms with van der Waals surface area (Å²) in [6.45, 7) is 1.39. The maximum atomic E-state index is 12.9. The summed E-state index contributed by atoms with van der Waals surface area (Å²) in [5.41, 5.74) is 0.451. The largest absolute Gasteiger partial charge is 0.454 e. The molecule has 3 heterocycles. The molecule has 0 bridgehead atoms. The zero-order valence-electron chi connectivity index (χ0n) is 16.7. The number of H-pyrrole nitrogens is 1. The summed E-state index contributed by atoms with van der Waals surface area (Å²) in [5, 5.41) is 3.17. The third-order valence-corrected chi connectivity index (χ3v) is 5.54. The zero-order valence-corrected chi connectivity index (χ0v) is 16.7. The highest BCUT2D eigenvalue weighted by molar-refractivity contribution is 5.97. The molecule has 31 heavy (non-hydrogen) atoms. The first-order valence-electron chi connectivity index (χ1n) is 10.1. The molecular formula is C22H21N3O6. The molecule has 2 N–H and O–H groups in total. The fourth-order valence-corrected chi connectivity index (χ4v) is 3.88. The van der Waals surface area contributed by atoms with Crippen molar-refractivity contribution in [1.29, 1.82) is 0 Å². The molecule has 1 fully saturated rings. The van der Waals surface area contributed by atoms with Gasteiger partial charge in [-0.3, -0.25) is 14.2 Å². The smallest absolute Gasteiger partial charge is 0.329 e. The standard InChI is InChI=1S/C22H21N3O6/c26-20(23-10-15-2-1-7-29-15)14-4-5-16-17(9-14)24-22(28)25(21(16)27)11-13-3-6-18-19(8-13)31-12-30-18/h3-6,8-9,15H,1-2,7,10-12H2,(H,23,26)(H,24,28). The lowest BCUT2D eigenvalue weighted by molar-refractivity contribution is 0.0858. The summed E-state index contributed by atoms with van der Waals surface area (Å²) in [6, 6.07) is 9.95. The number of aromatic amines is 1. The molecule has 5 rings (SSSR count). The number of amides is 1. The second-order valence-electron chi connectivity index (χ2n) is 7.61. The fourth-order valence-electron chi connectivity index (χ4n) is 3.88. The van der Waals surface area contributed by atoms with Crippen LogP contribution in [0.1, 0.15) is 28.8 Å². The summed E-state index contributed by atoms with van der Waals surface area (Å²) in [4.78, 5) is 40.7. The average molecular weight is 423 g/mol.